The van der Waals surface area contributed by atoms with Gasteiger partial charge in [-0.2, -0.15) is 13.2 Å². The molecule has 74 valence electrons. The molecule has 0 spiro atoms. The van der Waals surface area contributed by atoms with E-state index >= 15 is 0 Å². The first-order valence-corrected chi connectivity index (χ1v) is 3.26. The molecule has 0 aliphatic carbocycles. The highest BCUT2D eigenvalue weighted by atomic mass is 19.4. The average molecular weight is 200 g/mol. The summed E-state index contributed by atoms with van der Waals surface area (Å²) in [6, 6.07) is 0. The second-order valence-electron chi connectivity index (χ2n) is 2.32. The molecule has 0 aliphatic rings. The molecule has 0 saturated heterocycles. The van der Waals surface area contributed by atoms with Gasteiger partial charge in [-0.25, -0.2) is 13.8 Å². The van der Waals surface area contributed by atoms with Gasteiger partial charge in [0.05, 0.1) is 19.1 Å². The van der Waals surface area contributed by atoms with Gasteiger partial charge >= 0.3 is 6.18 Å². The Morgan fingerprint density at radius 1 is 1.38 bits per heavy atom. The van der Waals surface area contributed by atoms with Crippen molar-refractivity contribution in [3.63, 3.8) is 0 Å². The van der Waals surface area contributed by atoms with Crippen molar-refractivity contribution in [2.75, 3.05) is 0 Å². The zero-order valence-corrected chi connectivity index (χ0v) is 6.22. The highest BCUT2D eigenvalue weighted by molar-refractivity contribution is 5.03. The van der Waals surface area contributed by atoms with E-state index in [1.165, 1.54) is 0 Å². The molecule has 0 bridgehead atoms. The van der Waals surface area contributed by atoms with Gasteiger partial charge in [0.15, 0.2) is 0 Å². The molecule has 1 aromatic rings. The van der Waals surface area contributed by atoms with Gasteiger partial charge in [0.2, 0.25) is 0 Å². The van der Waals surface area contributed by atoms with E-state index in [1.807, 2.05) is 0 Å². The highest BCUT2D eigenvalue weighted by Crippen LogP contribution is 2.28. The second-order valence-corrected chi connectivity index (χ2v) is 2.32. The van der Waals surface area contributed by atoms with Crippen molar-refractivity contribution in [3.8, 4) is 0 Å². The fourth-order valence-corrected chi connectivity index (χ4v) is 0.851. The molecule has 1 rings (SSSR count). The molecular formula is C6H5F5N2. The number of halogens is 5. The fraction of sp³-hybridized carbons (Fsp3) is 0.500. The predicted octanol–water partition coefficient (Wildman–Crippen LogP) is 2.17. The Kier molecular flexibility index (Phi) is 2.53. The molecule has 0 aromatic carbocycles. The lowest BCUT2D eigenvalue weighted by Crippen LogP contribution is -2.16. The van der Waals surface area contributed by atoms with Crippen molar-refractivity contribution >= 4 is 0 Å². The molecule has 0 radical (unpaired) electrons. The summed E-state index contributed by atoms with van der Waals surface area (Å²) in [6.45, 7) is -0.991. The van der Waals surface area contributed by atoms with E-state index in [2.05, 4.69) is 4.98 Å². The second kappa shape index (κ2) is 3.31. The summed E-state index contributed by atoms with van der Waals surface area (Å²) in [5.41, 5.74) is -1.16. The Hall–Kier alpha value is -1.14. The monoisotopic (exact) mass is 200 g/mol. The van der Waals surface area contributed by atoms with Crippen molar-refractivity contribution in [2.24, 2.45) is 0 Å². The Balaban J connectivity index is 2.90. The van der Waals surface area contributed by atoms with Crippen LogP contribution in [-0.4, -0.2) is 16.0 Å². The van der Waals surface area contributed by atoms with E-state index < -0.39 is 24.8 Å². The molecule has 0 fully saturated rings. The summed E-state index contributed by atoms with van der Waals surface area (Å²) < 4.78 is 60.0. The van der Waals surface area contributed by atoms with E-state index in [0.717, 1.165) is 6.33 Å². The molecule has 2 nitrogen and oxygen atoms in total. The first-order valence-electron chi connectivity index (χ1n) is 3.26. The molecule has 13 heavy (non-hydrogen) atoms. The van der Waals surface area contributed by atoms with Crippen LogP contribution < -0.4 is 0 Å². The summed E-state index contributed by atoms with van der Waals surface area (Å²) in [4.78, 5) is 3.15. The lowest BCUT2D eigenvalue weighted by molar-refractivity contribution is -0.144. The van der Waals surface area contributed by atoms with Crippen LogP contribution in [-0.2, 0) is 12.7 Å². The van der Waals surface area contributed by atoms with Crippen molar-refractivity contribution < 1.29 is 22.0 Å². The standard InChI is InChI=1S/C6H5F5N2/c7-5(8)2-13-3-12-1-4(13)6(9,10)11/h1,3,5H,2H2. The zero-order valence-electron chi connectivity index (χ0n) is 6.22. The van der Waals surface area contributed by atoms with Gasteiger partial charge < -0.3 is 4.57 Å². The molecule has 1 aromatic heterocycles. The van der Waals surface area contributed by atoms with Gasteiger partial charge in [-0.1, -0.05) is 0 Å². The molecule has 0 unspecified atom stereocenters. The lowest BCUT2D eigenvalue weighted by Gasteiger charge is -2.09. The average Bonchev–Trinajstić information content (AvgIpc) is 2.31. The van der Waals surface area contributed by atoms with Crippen LogP contribution in [0.3, 0.4) is 0 Å². The summed E-state index contributed by atoms with van der Waals surface area (Å²) in [7, 11) is 0. The number of alkyl halides is 5. The number of hydrogen-bond acceptors (Lipinski definition) is 1. The van der Waals surface area contributed by atoms with Crippen molar-refractivity contribution in [3.05, 3.63) is 18.2 Å². The lowest BCUT2D eigenvalue weighted by atomic mass is 10.4. The quantitative estimate of drug-likeness (QED) is 0.669. The third-order valence-electron chi connectivity index (χ3n) is 1.34. The predicted molar refractivity (Wildman–Crippen MR) is 33.2 cm³/mol. The Morgan fingerprint density at radius 3 is 2.46 bits per heavy atom. The number of rotatable bonds is 2. The Labute approximate surface area is 70.0 Å². The van der Waals surface area contributed by atoms with Crippen molar-refractivity contribution in [1.82, 2.24) is 9.55 Å². The van der Waals surface area contributed by atoms with Crippen LogP contribution in [0.1, 0.15) is 5.69 Å². The number of imidazole rings is 1. The topological polar surface area (TPSA) is 17.8 Å². The van der Waals surface area contributed by atoms with Gasteiger partial charge in [0, 0.05) is 0 Å². The fourth-order valence-electron chi connectivity index (χ4n) is 0.851. The first-order chi connectivity index (χ1) is 5.91. The minimum atomic E-state index is -4.63. The van der Waals surface area contributed by atoms with E-state index in [-0.39, 0.29) is 0 Å². The molecule has 0 amide bonds. The van der Waals surface area contributed by atoms with Crippen LogP contribution in [0.25, 0.3) is 0 Å². The SMILES string of the molecule is FC(F)Cn1cncc1C(F)(F)F. The van der Waals surface area contributed by atoms with Gasteiger partial charge in [0.25, 0.3) is 6.43 Å². The number of hydrogen-bond donors (Lipinski definition) is 0. The summed E-state index contributed by atoms with van der Waals surface area (Å²) in [5.74, 6) is 0. The first kappa shape index (κ1) is 9.94. The van der Waals surface area contributed by atoms with E-state index in [1.54, 1.807) is 0 Å². The van der Waals surface area contributed by atoms with Crippen LogP contribution >= 0.6 is 0 Å². The summed E-state index contributed by atoms with van der Waals surface area (Å²) >= 11 is 0. The summed E-state index contributed by atoms with van der Waals surface area (Å²) in [5, 5.41) is 0. The van der Waals surface area contributed by atoms with Gasteiger partial charge in [-0.3, -0.25) is 0 Å². The van der Waals surface area contributed by atoms with Crippen LogP contribution in [0.4, 0.5) is 22.0 Å². The molecule has 1 heterocycles. The van der Waals surface area contributed by atoms with Gasteiger partial charge in [0.1, 0.15) is 5.69 Å². The maximum Gasteiger partial charge on any atom is 0.432 e. The van der Waals surface area contributed by atoms with E-state index in [4.69, 9.17) is 0 Å². The largest absolute Gasteiger partial charge is 0.432 e. The molecule has 0 N–H and O–H groups in total. The zero-order chi connectivity index (χ0) is 10.1. The van der Waals surface area contributed by atoms with E-state index in [0.29, 0.717) is 10.8 Å². The number of aromatic nitrogens is 2. The minimum Gasteiger partial charge on any atom is -0.321 e. The Bertz CT molecular complexity index is 277. The summed E-state index contributed by atoms with van der Waals surface area (Å²) in [6.07, 6.45) is -6.21. The normalized spacial score (nSPS) is 12.5. The Morgan fingerprint density at radius 2 is 2.00 bits per heavy atom. The maximum absolute atomic E-state index is 12.0. The van der Waals surface area contributed by atoms with Crippen LogP contribution in [0, 0.1) is 0 Å². The van der Waals surface area contributed by atoms with Crippen LogP contribution in [0.2, 0.25) is 0 Å². The third-order valence-corrected chi connectivity index (χ3v) is 1.34. The molecular weight excluding hydrogens is 195 g/mol. The molecule has 0 saturated carbocycles. The molecule has 7 heteroatoms. The third kappa shape index (κ3) is 2.40. The van der Waals surface area contributed by atoms with Gasteiger partial charge in [-0.15, -0.1) is 0 Å². The smallest absolute Gasteiger partial charge is 0.321 e. The highest BCUT2D eigenvalue weighted by Gasteiger charge is 2.34. The maximum atomic E-state index is 12.0. The molecule has 0 atom stereocenters. The van der Waals surface area contributed by atoms with Crippen molar-refractivity contribution in [1.29, 1.82) is 0 Å². The van der Waals surface area contributed by atoms with E-state index in [9.17, 15) is 22.0 Å². The van der Waals surface area contributed by atoms with Crippen LogP contribution in [0.5, 0.6) is 0 Å². The van der Waals surface area contributed by atoms with Crippen molar-refractivity contribution in [2.45, 2.75) is 19.1 Å². The van der Waals surface area contributed by atoms with Crippen LogP contribution in [0.15, 0.2) is 12.5 Å². The number of nitrogens with zero attached hydrogens (tertiary/aromatic N) is 2. The minimum absolute atomic E-state index is 0.380. The van der Waals surface area contributed by atoms with Gasteiger partial charge in [-0.05, 0) is 0 Å². The molecule has 0 aliphatic heterocycles.